The first-order valence-electron chi connectivity index (χ1n) is 5.55. The second kappa shape index (κ2) is 4.69. The average Bonchev–Trinajstić information content (AvgIpc) is 2.16. The minimum absolute atomic E-state index is 0.0641. The van der Waals surface area contributed by atoms with E-state index in [0.717, 1.165) is 17.8 Å². The summed E-state index contributed by atoms with van der Waals surface area (Å²) in [5, 5.41) is 0. The fraction of sp³-hybridized carbons (Fsp3) is 0.500. The number of allylic oxidation sites excluding steroid dienone is 4. The quantitative estimate of drug-likeness (QED) is 0.536. The second-order valence-corrected chi connectivity index (χ2v) is 4.79. The first-order chi connectivity index (χ1) is 7.39. The van der Waals surface area contributed by atoms with E-state index in [1.165, 1.54) is 6.92 Å². The third-order valence-electron chi connectivity index (χ3n) is 3.27. The summed E-state index contributed by atoms with van der Waals surface area (Å²) in [5.74, 6) is 0.878. The van der Waals surface area contributed by atoms with Crippen LogP contribution < -0.4 is 0 Å². The van der Waals surface area contributed by atoms with Crippen molar-refractivity contribution < 1.29 is 9.53 Å². The first-order valence-corrected chi connectivity index (χ1v) is 5.55. The lowest BCUT2D eigenvalue weighted by Gasteiger charge is -2.38. The second-order valence-electron chi connectivity index (χ2n) is 4.79. The van der Waals surface area contributed by atoms with Gasteiger partial charge in [0.1, 0.15) is 5.76 Å². The third-order valence-corrected chi connectivity index (χ3v) is 3.27. The number of ether oxygens (including phenoxy) is 1. The summed E-state index contributed by atoms with van der Waals surface area (Å²) in [6.45, 7) is 13.5. The predicted molar refractivity (Wildman–Crippen MR) is 65.7 cm³/mol. The smallest absolute Gasteiger partial charge is 0.307 e. The monoisotopic (exact) mass is 220 g/mol. The van der Waals surface area contributed by atoms with Gasteiger partial charge in [0.15, 0.2) is 0 Å². The van der Waals surface area contributed by atoms with Crippen molar-refractivity contribution in [3.63, 3.8) is 0 Å². The Morgan fingerprint density at radius 2 is 2.25 bits per heavy atom. The molecular formula is C14H20O2. The number of esters is 1. The van der Waals surface area contributed by atoms with Gasteiger partial charge in [-0.05, 0) is 30.8 Å². The van der Waals surface area contributed by atoms with Crippen molar-refractivity contribution in [2.45, 2.75) is 33.6 Å². The molecule has 0 N–H and O–H groups in total. The Labute approximate surface area is 97.7 Å². The Hall–Kier alpha value is -1.31. The van der Waals surface area contributed by atoms with E-state index in [4.69, 9.17) is 4.74 Å². The molecular weight excluding hydrogens is 200 g/mol. The van der Waals surface area contributed by atoms with Gasteiger partial charge in [-0.1, -0.05) is 25.2 Å². The summed E-state index contributed by atoms with van der Waals surface area (Å²) in [7, 11) is 0. The topological polar surface area (TPSA) is 26.3 Å². The van der Waals surface area contributed by atoms with E-state index in [9.17, 15) is 4.79 Å². The molecule has 16 heavy (non-hydrogen) atoms. The Morgan fingerprint density at radius 3 is 2.69 bits per heavy atom. The van der Waals surface area contributed by atoms with Gasteiger partial charge in [-0.2, -0.15) is 0 Å². The highest BCUT2D eigenvalue weighted by atomic mass is 16.5. The van der Waals surface area contributed by atoms with E-state index in [2.05, 4.69) is 20.1 Å². The van der Waals surface area contributed by atoms with E-state index in [1.54, 1.807) is 0 Å². The lowest BCUT2D eigenvalue weighted by Crippen LogP contribution is -2.30. The van der Waals surface area contributed by atoms with Gasteiger partial charge in [-0.15, -0.1) is 6.58 Å². The van der Waals surface area contributed by atoms with Crippen molar-refractivity contribution >= 4 is 5.97 Å². The van der Waals surface area contributed by atoms with Gasteiger partial charge in [0.05, 0.1) is 0 Å². The van der Waals surface area contributed by atoms with Crippen LogP contribution in [0, 0.1) is 11.3 Å². The summed E-state index contributed by atoms with van der Waals surface area (Å²) in [6, 6.07) is 0. The maximum absolute atomic E-state index is 10.9. The number of carbonyl (C=O) groups is 1. The molecule has 0 aromatic rings. The fourth-order valence-corrected chi connectivity index (χ4v) is 2.33. The molecule has 0 bridgehead atoms. The SMILES string of the molecule is C=C[C@@]1(C)CC(OC(C)=O)=CC[C@@H]1C(=C)C. The molecule has 0 radical (unpaired) electrons. The van der Waals surface area contributed by atoms with E-state index < -0.39 is 0 Å². The summed E-state index contributed by atoms with van der Waals surface area (Å²) < 4.78 is 5.16. The number of rotatable bonds is 3. The van der Waals surface area contributed by atoms with Crippen LogP contribution in [0.2, 0.25) is 0 Å². The van der Waals surface area contributed by atoms with E-state index >= 15 is 0 Å². The molecule has 0 saturated carbocycles. The van der Waals surface area contributed by atoms with Crippen LogP contribution in [0.15, 0.2) is 36.6 Å². The molecule has 0 aromatic heterocycles. The molecule has 1 rings (SSSR count). The van der Waals surface area contributed by atoms with Crippen LogP contribution in [0.5, 0.6) is 0 Å². The Morgan fingerprint density at radius 1 is 1.62 bits per heavy atom. The van der Waals surface area contributed by atoms with E-state index in [1.807, 2.05) is 19.1 Å². The van der Waals surface area contributed by atoms with Gasteiger partial charge in [0.2, 0.25) is 0 Å². The Bertz CT molecular complexity index is 352. The molecule has 88 valence electrons. The Kier molecular flexibility index (Phi) is 3.74. The van der Waals surface area contributed by atoms with Crippen molar-refractivity contribution in [1.29, 1.82) is 0 Å². The lowest BCUT2D eigenvalue weighted by atomic mass is 9.67. The van der Waals surface area contributed by atoms with Crippen LogP contribution in [0.3, 0.4) is 0 Å². The van der Waals surface area contributed by atoms with Gasteiger partial charge in [-0.3, -0.25) is 4.79 Å². The number of hydrogen-bond acceptors (Lipinski definition) is 2. The highest BCUT2D eigenvalue weighted by Crippen LogP contribution is 2.45. The number of carbonyl (C=O) groups excluding carboxylic acids is 1. The first kappa shape index (κ1) is 12.8. The fourth-order valence-electron chi connectivity index (χ4n) is 2.33. The number of hydrogen-bond donors (Lipinski definition) is 0. The maximum Gasteiger partial charge on any atom is 0.307 e. The van der Waals surface area contributed by atoms with Crippen molar-refractivity contribution in [3.8, 4) is 0 Å². The molecule has 0 fully saturated rings. The van der Waals surface area contributed by atoms with Crippen molar-refractivity contribution in [2.24, 2.45) is 11.3 Å². The van der Waals surface area contributed by atoms with Crippen LogP contribution in [0.25, 0.3) is 0 Å². The van der Waals surface area contributed by atoms with Gasteiger partial charge < -0.3 is 4.74 Å². The van der Waals surface area contributed by atoms with Crippen LogP contribution in [0.4, 0.5) is 0 Å². The van der Waals surface area contributed by atoms with E-state index in [-0.39, 0.29) is 11.4 Å². The molecule has 0 spiro atoms. The van der Waals surface area contributed by atoms with Crippen LogP contribution in [0.1, 0.15) is 33.6 Å². The minimum Gasteiger partial charge on any atom is -0.432 e. The van der Waals surface area contributed by atoms with Gasteiger partial charge >= 0.3 is 5.97 Å². The molecule has 0 aromatic carbocycles. The molecule has 2 nitrogen and oxygen atoms in total. The van der Waals surface area contributed by atoms with Gasteiger partial charge in [0, 0.05) is 13.3 Å². The molecule has 0 aliphatic heterocycles. The summed E-state index contributed by atoms with van der Waals surface area (Å²) in [5.41, 5.74) is 1.09. The zero-order valence-electron chi connectivity index (χ0n) is 10.4. The predicted octanol–water partition coefficient (Wildman–Crippen LogP) is 3.61. The molecule has 0 amide bonds. The maximum atomic E-state index is 10.9. The molecule has 2 heteroatoms. The molecule has 1 aliphatic rings. The largest absolute Gasteiger partial charge is 0.432 e. The zero-order valence-corrected chi connectivity index (χ0v) is 10.4. The van der Waals surface area contributed by atoms with Crippen molar-refractivity contribution in [3.05, 3.63) is 36.6 Å². The van der Waals surface area contributed by atoms with Crippen LogP contribution in [-0.4, -0.2) is 5.97 Å². The molecule has 1 aliphatic carbocycles. The summed E-state index contributed by atoms with van der Waals surface area (Å²) >= 11 is 0. The Balaban J connectivity index is 2.91. The standard InChI is InChI=1S/C14H20O2/c1-6-14(5)9-12(16-11(4)15)7-8-13(14)10(2)3/h6-7,13H,1-2,8-9H2,3-5H3/t13-,14+/m1/s1. The van der Waals surface area contributed by atoms with Gasteiger partial charge in [-0.25, -0.2) is 0 Å². The molecule has 0 saturated heterocycles. The molecule has 2 atom stereocenters. The van der Waals surface area contributed by atoms with Crippen molar-refractivity contribution in [2.75, 3.05) is 0 Å². The minimum atomic E-state index is -0.258. The third kappa shape index (κ3) is 2.63. The van der Waals surface area contributed by atoms with E-state index in [0.29, 0.717) is 12.3 Å². The zero-order chi connectivity index (χ0) is 12.3. The van der Waals surface area contributed by atoms with Crippen LogP contribution in [-0.2, 0) is 9.53 Å². The summed E-state index contributed by atoms with van der Waals surface area (Å²) in [4.78, 5) is 10.9. The lowest BCUT2D eigenvalue weighted by molar-refractivity contribution is -0.137. The highest BCUT2D eigenvalue weighted by molar-refractivity contribution is 5.67. The highest BCUT2D eigenvalue weighted by Gasteiger charge is 2.36. The van der Waals surface area contributed by atoms with Gasteiger partial charge in [0.25, 0.3) is 0 Å². The normalized spacial score (nSPS) is 29.2. The summed E-state index contributed by atoms with van der Waals surface area (Å²) in [6.07, 6.45) is 5.52. The van der Waals surface area contributed by atoms with Crippen molar-refractivity contribution in [1.82, 2.24) is 0 Å². The molecule has 0 unspecified atom stereocenters. The van der Waals surface area contributed by atoms with Crippen LogP contribution >= 0.6 is 0 Å². The molecule has 0 heterocycles. The average molecular weight is 220 g/mol.